The van der Waals surface area contributed by atoms with Crippen molar-refractivity contribution in [3.05, 3.63) is 41.1 Å². The Bertz CT molecular complexity index is 653. The van der Waals surface area contributed by atoms with Gasteiger partial charge in [-0.05, 0) is 50.6 Å². The number of hydrogen-bond acceptors (Lipinski definition) is 5. The zero-order valence-corrected chi connectivity index (χ0v) is 12.1. The molecule has 0 aliphatic rings. The van der Waals surface area contributed by atoms with Crippen LogP contribution < -0.4 is 9.47 Å². The summed E-state index contributed by atoms with van der Waals surface area (Å²) in [7, 11) is 0. The van der Waals surface area contributed by atoms with Crippen LogP contribution in [0.15, 0.2) is 24.3 Å². The lowest BCUT2D eigenvalue weighted by molar-refractivity contribution is 0.0692. The molecule has 0 unspecified atom stereocenters. The molecular formula is C15H16N2O4. The summed E-state index contributed by atoms with van der Waals surface area (Å²) < 4.78 is 10.9. The van der Waals surface area contributed by atoms with Gasteiger partial charge in [-0.15, -0.1) is 5.10 Å². The van der Waals surface area contributed by atoms with E-state index in [1.54, 1.807) is 38.1 Å². The second-order valence-corrected chi connectivity index (χ2v) is 4.40. The van der Waals surface area contributed by atoms with Crippen LogP contribution >= 0.6 is 0 Å². The molecule has 6 heteroatoms. The number of rotatable bonds is 5. The highest BCUT2D eigenvalue weighted by Crippen LogP contribution is 2.27. The number of aromatic carboxylic acids is 1. The molecule has 2 aromatic rings. The monoisotopic (exact) mass is 288 g/mol. The maximum atomic E-state index is 11.4. The van der Waals surface area contributed by atoms with E-state index in [1.807, 2.05) is 6.92 Å². The maximum Gasteiger partial charge on any atom is 0.341 e. The summed E-state index contributed by atoms with van der Waals surface area (Å²) in [6.45, 7) is 5.86. The van der Waals surface area contributed by atoms with Crippen LogP contribution in [0.25, 0.3) is 0 Å². The number of aryl methyl sites for hydroxylation is 1. The fraction of sp³-hybridized carbons (Fsp3) is 0.267. The number of carbonyl (C=O) groups is 1. The molecule has 1 aromatic carbocycles. The Morgan fingerprint density at radius 2 is 1.76 bits per heavy atom. The van der Waals surface area contributed by atoms with Gasteiger partial charge in [0.15, 0.2) is 0 Å². The summed E-state index contributed by atoms with van der Waals surface area (Å²) >= 11 is 0. The van der Waals surface area contributed by atoms with E-state index in [9.17, 15) is 9.90 Å². The Hall–Kier alpha value is -2.63. The van der Waals surface area contributed by atoms with Crippen molar-refractivity contribution in [3.63, 3.8) is 0 Å². The van der Waals surface area contributed by atoms with Gasteiger partial charge in [0.05, 0.1) is 12.3 Å². The first-order chi connectivity index (χ1) is 10.0. The Kier molecular flexibility index (Phi) is 4.37. The molecule has 0 saturated carbocycles. The molecule has 0 saturated heterocycles. The lowest BCUT2D eigenvalue weighted by atomic mass is 10.1. The van der Waals surface area contributed by atoms with E-state index in [4.69, 9.17) is 9.47 Å². The average molecular weight is 288 g/mol. The zero-order valence-electron chi connectivity index (χ0n) is 12.1. The quantitative estimate of drug-likeness (QED) is 0.910. The molecule has 0 spiro atoms. The molecule has 0 atom stereocenters. The van der Waals surface area contributed by atoms with Crippen LogP contribution in [0.5, 0.6) is 17.4 Å². The Morgan fingerprint density at radius 1 is 1.14 bits per heavy atom. The van der Waals surface area contributed by atoms with Gasteiger partial charge in [-0.1, -0.05) is 0 Å². The summed E-state index contributed by atoms with van der Waals surface area (Å²) in [5, 5.41) is 17.0. The van der Waals surface area contributed by atoms with Crippen molar-refractivity contribution in [1.82, 2.24) is 10.2 Å². The van der Waals surface area contributed by atoms with E-state index in [0.29, 0.717) is 23.6 Å². The molecule has 0 fully saturated rings. The van der Waals surface area contributed by atoms with Crippen LogP contribution in [0.4, 0.5) is 0 Å². The molecule has 6 nitrogen and oxygen atoms in total. The molecule has 21 heavy (non-hydrogen) atoms. The van der Waals surface area contributed by atoms with Crippen molar-refractivity contribution in [2.24, 2.45) is 0 Å². The topological polar surface area (TPSA) is 81.5 Å². The predicted molar refractivity (Wildman–Crippen MR) is 76.2 cm³/mol. The highest BCUT2D eigenvalue weighted by molar-refractivity contribution is 5.92. The smallest absolute Gasteiger partial charge is 0.341 e. The van der Waals surface area contributed by atoms with Gasteiger partial charge in [-0.2, -0.15) is 5.10 Å². The SMILES string of the molecule is CCOc1ccc(Oc2nnc(C)c(C)c2C(=O)O)cc1. The van der Waals surface area contributed by atoms with Gasteiger partial charge in [0.2, 0.25) is 0 Å². The normalized spacial score (nSPS) is 10.2. The van der Waals surface area contributed by atoms with Crippen molar-refractivity contribution in [1.29, 1.82) is 0 Å². The van der Waals surface area contributed by atoms with Crippen molar-refractivity contribution in [2.75, 3.05) is 6.61 Å². The standard InChI is InChI=1S/C15H16N2O4/c1-4-20-11-5-7-12(8-6-11)21-14-13(15(18)19)9(2)10(3)16-17-14/h5-8H,4H2,1-3H3,(H,18,19). The van der Waals surface area contributed by atoms with Gasteiger partial charge in [-0.3, -0.25) is 0 Å². The van der Waals surface area contributed by atoms with E-state index >= 15 is 0 Å². The van der Waals surface area contributed by atoms with Gasteiger partial charge in [0.25, 0.3) is 5.88 Å². The third-order valence-corrected chi connectivity index (χ3v) is 2.99. The van der Waals surface area contributed by atoms with Gasteiger partial charge < -0.3 is 14.6 Å². The minimum absolute atomic E-state index is 0.0187. The molecule has 2 rings (SSSR count). The fourth-order valence-electron chi connectivity index (χ4n) is 1.79. The van der Waals surface area contributed by atoms with Crippen LogP contribution in [0.3, 0.4) is 0 Å². The van der Waals surface area contributed by atoms with E-state index in [1.165, 1.54) is 0 Å². The van der Waals surface area contributed by atoms with Crippen molar-refractivity contribution >= 4 is 5.97 Å². The second kappa shape index (κ2) is 6.21. The molecule has 1 heterocycles. The van der Waals surface area contributed by atoms with Crippen molar-refractivity contribution in [3.8, 4) is 17.4 Å². The van der Waals surface area contributed by atoms with E-state index in [0.717, 1.165) is 5.75 Å². The zero-order chi connectivity index (χ0) is 15.4. The summed E-state index contributed by atoms with van der Waals surface area (Å²) in [5.74, 6) is 0.0779. The minimum Gasteiger partial charge on any atom is -0.494 e. The molecule has 0 aliphatic heterocycles. The minimum atomic E-state index is -1.09. The Labute approximate surface area is 122 Å². The van der Waals surface area contributed by atoms with Crippen LogP contribution in [0.1, 0.15) is 28.5 Å². The number of carboxylic acid groups (broad SMARTS) is 1. The predicted octanol–water partition coefficient (Wildman–Crippen LogP) is 2.98. The van der Waals surface area contributed by atoms with E-state index < -0.39 is 5.97 Å². The number of ether oxygens (including phenoxy) is 2. The molecule has 1 N–H and O–H groups in total. The van der Waals surface area contributed by atoms with Gasteiger partial charge in [0.1, 0.15) is 17.1 Å². The third kappa shape index (κ3) is 3.28. The second-order valence-electron chi connectivity index (χ2n) is 4.40. The van der Waals surface area contributed by atoms with Crippen LogP contribution in [-0.2, 0) is 0 Å². The molecule has 110 valence electrons. The first kappa shape index (κ1) is 14.8. The number of carboxylic acids is 1. The summed E-state index contributed by atoms with van der Waals surface area (Å²) in [5.41, 5.74) is 1.13. The number of nitrogens with zero attached hydrogens (tertiary/aromatic N) is 2. The van der Waals surface area contributed by atoms with Gasteiger partial charge in [0, 0.05) is 0 Å². The van der Waals surface area contributed by atoms with E-state index in [-0.39, 0.29) is 11.4 Å². The van der Waals surface area contributed by atoms with Gasteiger partial charge in [-0.25, -0.2) is 4.79 Å². The lowest BCUT2D eigenvalue weighted by Crippen LogP contribution is -2.08. The fourth-order valence-corrected chi connectivity index (χ4v) is 1.79. The molecule has 0 aliphatic carbocycles. The molecule has 0 bridgehead atoms. The largest absolute Gasteiger partial charge is 0.494 e. The van der Waals surface area contributed by atoms with Crippen LogP contribution in [0.2, 0.25) is 0 Å². The van der Waals surface area contributed by atoms with Crippen LogP contribution in [-0.4, -0.2) is 27.9 Å². The van der Waals surface area contributed by atoms with Crippen molar-refractivity contribution < 1.29 is 19.4 Å². The Balaban J connectivity index is 2.31. The highest BCUT2D eigenvalue weighted by atomic mass is 16.5. The first-order valence-electron chi connectivity index (χ1n) is 6.50. The van der Waals surface area contributed by atoms with Gasteiger partial charge >= 0.3 is 5.97 Å². The number of benzene rings is 1. The molecule has 0 radical (unpaired) electrons. The van der Waals surface area contributed by atoms with Crippen LogP contribution in [0, 0.1) is 13.8 Å². The summed E-state index contributed by atoms with van der Waals surface area (Å²) in [6, 6.07) is 6.86. The summed E-state index contributed by atoms with van der Waals surface area (Å²) in [6.07, 6.45) is 0. The number of hydrogen-bond donors (Lipinski definition) is 1. The average Bonchev–Trinajstić information content (AvgIpc) is 2.45. The maximum absolute atomic E-state index is 11.4. The third-order valence-electron chi connectivity index (χ3n) is 2.99. The summed E-state index contributed by atoms with van der Waals surface area (Å²) in [4.78, 5) is 11.4. The molecule has 1 aromatic heterocycles. The Morgan fingerprint density at radius 3 is 2.33 bits per heavy atom. The lowest BCUT2D eigenvalue weighted by Gasteiger charge is -2.10. The number of aromatic nitrogens is 2. The highest BCUT2D eigenvalue weighted by Gasteiger charge is 2.19. The molecule has 0 amide bonds. The van der Waals surface area contributed by atoms with E-state index in [2.05, 4.69) is 10.2 Å². The first-order valence-corrected chi connectivity index (χ1v) is 6.50. The van der Waals surface area contributed by atoms with Crippen molar-refractivity contribution in [2.45, 2.75) is 20.8 Å². The molecular weight excluding hydrogens is 272 g/mol.